The maximum absolute atomic E-state index is 12.5. The summed E-state index contributed by atoms with van der Waals surface area (Å²) >= 11 is 0. The van der Waals surface area contributed by atoms with Gasteiger partial charge in [-0.15, -0.1) is 0 Å². The van der Waals surface area contributed by atoms with E-state index in [-0.39, 0.29) is 36.1 Å². The van der Waals surface area contributed by atoms with Gasteiger partial charge < -0.3 is 19.8 Å². The summed E-state index contributed by atoms with van der Waals surface area (Å²) in [6.45, 7) is 1.68. The van der Waals surface area contributed by atoms with Gasteiger partial charge >= 0.3 is 6.09 Å². The molecule has 0 bridgehead atoms. The molecule has 1 spiro atoms. The largest absolute Gasteiger partial charge is 0.448 e. The quantitative estimate of drug-likeness (QED) is 0.857. The van der Waals surface area contributed by atoms with Gasteiger partial charge in [0.05, 0.1) is 13.2 Å². The maximum atomic E-state index is 12.5. The van der Waals surface area contributed by atoms with Crippen LogP contribution in [0, 0.1) is 10.8 Å². The second-order valence-corrected chi connectivity index (χ2v) is 8.83. The van der Waals surface area contributed by atoms with Crippen molar-refractivity contribution < 1.29 is 19.7 Å². The van der Waals surface area contributed by atoms with Crippen molar-refractivity contribution in [1.82, 2.24) is 4.90 Å². The zero-order valence-corrected chi connectivity index (χ0v) is 15.8. The first-order valence-corrected chi connectivity index (χ1v) is 9.90. The van der Waals surface area contributed by atoms with Gasteiger partial charge in [0.2, 0.25) is 0 Å². The van der Waals surface area contributed by atoms with Gasteiger partial charge in [0, 0.05) is 29.8 Å². The number of fused-ring (bicyclic) bond motifs is 3. The third-order valence-electron chi connectivity index (χ3n) is 6.82. The molecule has 2 aliphatic carbocycles. The number of carbonyl (C=O) groups excluding carboxylic acids is 1. The van der Waals surface area contributed by atoms with E-state index in [0.717, 1.165) is 12.8 Å². The first-order chi connectivity index (χ1) is 13.6. The molecule has 5 nitrogen and oxygen atoms in total. The molecule has 5 heteroatoms. The number of hydrogen-bond acceptors (Lipinski definition) is 4. The monoisotopic (exact) mass is 379 g/mol. The summed E-state index contributed by atoms with van der Waals surface area (Å²) in [6, 6.07) is 16.6. The summed E-state index contributed by atoms with van der Waals surface area (Å²) in [5.74, 6) is 0.0757. The van der Waals surface area contributed by atoms with Gasteiger partial charge in [-0.1, -0.05) is 48.5 Å². The highest BCUT2D eigenvalue weighted by Gasteiger charge is 2.60. The van der Waals surface area contributed by atoms with Gasteiger partial charge in [-0.25, -0.2) is 4.79 Å². The van der Waals surface area contributed by atoms with Crippen LogP contribution >= 0.6 is 0 Å². The zero-order chi connectivity index (χ0) is 19.4. The van der Waals surface area contributed by atoms with Gasteiger partial charge in [-0.2, -0.15) is 0 Å². The van der Waals surface area contributed by atoms with Gasteiger partial charge in [0.1, 0.15) is 6.61 Å². The minimum atomic E-state index is -0.354. The van der Waals surface area contributed by atoms with Gasteiger partial charge in [-0.05, 0) is 35.1 Å². The van der Waals surface area contributed by atoms with Gasteiger partial charge in [-0.3, -0.25) is 0 Å². The number of ether oxygens (including phenoxy) is 1. The Morgan fingerprint density at radius 3 is 2.04 bits per heavy atom. The van der Waals surface area contributed by atoms with Crippen molar-refractivity contribution in [3.8, 4) is 11.1 Å². The molecule has 2 aromatic carbocycles. The van der Waals surface area contributed by atoms with E-state index in [0.29, 0.717) is 19.7 Å². The number of rotatable bonds is 4. The molecule has 0 aromatic heterocycles. The van der Waals surface area contributed by atoms with Crippen LogP contribution in [0.3, 0.4) is 0 Å². The first kappa shape index (κ1) is 17.7. The lowest BCUT2D eigenvalue weighted by Crippen LogP contribution is -2.68. The Morgan fingerprint density at radius 1 is 0.964 bits per heavy atom. The molecule has 5 rings (SSSR count). The Labute approximate surface area is 164 Å². The van der Waals surface area contributed by atoms with Crippen molar-refractivity contribution in [3.05, 3.63) is 59.7 Å². The lowest BCUT2D eigenvalue weighted by molar-refractivity contribution is -0.166. The molecule has 0 radical (unpaired) electrons. The van der Waals surface area contributed by atoms with Crippen LogP contribution in [0.5, 0.6) is 0 Å². The third kappa shape index (κ3) is 2.57. The Kier molecular flexibility index (Phi) is 4.00. The molecule has 1 heterocycles. The Morgan fingerprint density at radius 2 is 1.50 bits per heavy atom. The Bertz CT molecular complexity index is 859. The third-order valence-corrected chi connectivity index (χ3v) is 6.82. The number of aliphatic hydroxyl groups excluding tert-OH is 2. The second-order valence-electron chi connectivity index (χ2n) is 8.83. The van der Waals surface area contributed by atoms with E-state index in [1.54, 1.807) is 4.90 Å². The highest BCUT2D eigenvalue weighted by atomic mass is 16.6. The normalized spacial score (nSPS) is 20.9. The molecule has 28 heavy (non-hydrogen) atoms. The summed E-state index contributed by atoms with van der Waals surface area (Å²) in [5, 5.41) is 18.9. The van der Waals surface area contributed by atoms with E-state index < -0.39 is 0 Å². The number of likely N-dealkylation sites (tertiary alicyclic amines) is 1. The van der Waals surface area contributed by atoms with Crippen LogP contribution in [-0.4, -0.2) is 54.1 Å². The zero-order valence-electron chi connectivity index (χ0n) is 15.8. The first-order valence-electron chi connectivity index (χ1n) is 9.90. The predicted molar refractivity (Wildman–Crippen MR) is 105 cm³/mol. The molecule has 2 fully saturated rings. The van der Waals surface area contributed by atoms with Crippen LogP contribution in [-0.2, 0) is 4.74 Å². The molecule has 1 aliphatic heterocycles. The van der Waals surface area contributed by atoms with E-state index in [9.17, 15) is 15.0 Å². The van der Waals surface area contributed by atoms with E-state index in [1.165, 1.54) is 22.3 Å². The molecule has 1 saturated carbocycles. The molecule has 3 aliphatic rings. The molecular weight excluding hydrogens is 354 g/mol. The van der Waals surface area contributed by atoms with Gasteiger partial charge in [0.15, 0.2) is 0 Å². The number of benzene rings is 2. The molecule has 2 N–H and O–H groups in total. The molecule has 1 amide bonds. The average Bonchev–Trinajstić information content (AvgIpc) is 2.99. The number of aliphatic hydroxyl groups is 2. The molecule has 0 atom stereocenters. The smallest absolute Gasteiger partial charge is 0.409 e. The number of hydrogen-bond donors (Lipinski definition) is 2. The Hall–Kier alpha value is -2.37. The maximum Gasteiger partial charge on any atom is 0.409 e. The number of carbonyl (C=O) groups is 1. The SMILES string of the molecule is O=C(OCC1c2ccccc2-c2ccccc21)N1CC2(C1)CC(CO)(CO)C2. The van der Waals surface area contributed by atoms with Crippen molar-refractivity contribution in [2.45, 2.75) is 18.8 Å². The topological polar surface area (TPSA) is 70.0 Å². The van der Waals surface area contributed by atoms with Gasteiger partial charge in [0.25, 0.3) is 0 Å². The van der Waals surface area contributed by atoms with Crippen molar-refractivity contribution in [2.24, 2.45) is 10.8 Å². The summed E-state index contributed by atoms with van der Waals surface area (Å²) < 4.78 is 5.70. The Balaban J connectivity index is 1.22. The highest BCUT2D eigenvalue weighted by Crippen LogP contribution is 2.58. The second kappa shape index (κ2) is 6.33. The summed E-state index contributed by atoms with van der Waals surface area (Å²) in [4.78, 5) is 14.3. The van der Waals surface area contributed by atoms with Crippen molar-refractivity contribution in [2.75, 3.05) is 32.9 Å². The lowest BCUT2D eigenvalue weighted by atomic mass is 9.50. The van der Waals surface area contributed by atoms with Crippen molar-refractivity contribution in [3.63, 3.8) is 0 Å². The van der Waals surface area contributed by atoms with Crippen LogP contribution in [0.2, 0.25) is 0 Å². The molecule has 1 saturated heterocycles. The van der Waals surface area contributed by atoms with Crippen LogP contribution < -0.4 is 0 Å². The molecule has 0 unspecified atom stereocenters. The number of amides is 1. The minimum Gasteiger partial charge on any atom is -0.448 e. The molecule has 2 aromatic rings. The summed E-state index contributed by atoms with van der Waals surface area (Å²) in [5.41, 5.74) is 4.59. The standard InChI is InChI=1S/C23H25NO4/c25-14-23(15-26)10-22(11-23)12-24(13-22)21(27)28-9-20-18-7-3-1-5-16(18)17-6-2-4-8-19(17)20/h1-8,20,25-26H,9-15H2. The van der Waals surface area contributed by atoms with Crippen LogP contribution in [0.15, 0.2) is 48.5 Å². The van der Waals surface area contributed by atoms with E-state index in [2.05, 4.69) is 24.3 Å². The van der Waals surface area contributed by atoms with Crippen LogP contribution in [0.1, 0.15) is 29.9 Å². The van der Waals surface area contributed by atoms with E-state index in [1.807, 2.05) is 24.3 Å². The summed E-state index contributed by atoms with van der Waals surface area (Å²) in [6.07, 6.45) is 1.29. The summed E-state index contributed by atoms with van der Waals surface area (Å²) in [7, 11) is 0. The minimum absolute atomic E-state index is 0.0101. The van der Waals surface area contributed by atoms with Crippen molar-refractivity contribution in [1.29, 1.82) is 0 Å². The van der Waals surface area contributed by atoms with Crippen LogP contribution in [0.25, 0.3) is 11.1 Å². The molecular formula is C23H25NO4. The van der Waals surface area contributed by atoms with E-state index >= 15 is 0 Å². The van der Waals surface area contributed by atoms with Crippen LogP contribution in [0.4, 0.5) is 4.79 Å². The molecule has 146 valence electrons. The fourth-order valence-corrected chi connectivity index (χ4v) is 5.61. The van der Waals surface area contributed by atoms with Crippen molar-refractivity contribution >= 4 is 6.09 Å². The average molecular weight is 379 g/mol. The highest BCUT2D eigenvalue weighted by molar-refractivity contribution is 5.79. The number of nitrogens with zero attached hydrogens (tertiary/aromatic N) is 1. The van der Waals surface area contributed by atoms with E-state index in [4.69, 9.17) is 4.74 Å². The fraction of sp³-hybridized carbons (Fsp3) is 0.435. The predicted octanol–water partition coefficient (Wildman–Crippen LogP) is 3.00. The fourth-order valence-electron chi connectivity index (χ4n) is 5.61. The lowest BCUT2D eigenvalue weighted by Gasteiger charge is -2.63.